The maximum absolute atomic E-state index is 14.9. The highest BCUT2D eigenvalue weighted by Gasteiger charge is 2.40. The second-order valence-corrected chi connectivity index (χ2v) is 8.53. The van der Waals surface area contributed by atoms with Gasteiger partial charge in [0.25, 0.3) is 11.8 Å². The molecule has 2 atom stereocenters. The number of alkyl halides is 3. The van der Waals surface area contributed by atoms with Gasteiger partial charge in [-0.15, -0.1) is 0 Å². The normalized spacial score (nSPS) is 17.0. The van der Waals surface area contributed by atoms with Crippen molar-refractivity contribution >= 4 is 40.3 Å². The lowest BCUT2D eigenvalue weighted by atomic mass is 10.1. The molecule has 1 aromatic carbocycles. The molecular formula is C23H19ClF4N4O4. The molecule has 2 N–H and O–H groups in total. The van der Waals surface area contributed by atoms with Crippen LogP contribution in [0.1, 0.15) is 30.1 Å². The summed E-state index contributed by atoms with van der Waals surface area (Å²) >= 11 is 6.20. The molecule has 3 heterocycles. The second-order valence-electron chi connectivity index (χ2n) is 8.12. The number of hydrogen-bond acceptors (Lipinski definition) is 5. The van der Waals surface area contributed by atoms with Crippen LogP contribution in [-0.4, -0.2) is 51.3 Å². The minimum absolute atomic E-state index is 0.0463. The first-order valence-electron chi connectivity index (χ1n) is 10.8. The van der Waals surface area contributed by atoms with Gasteiger partial charge in [-0.1, -0.05) is 24.6 Å². The van der Waals surface area contributed by atoms with Crippen LogP contribution < -0.4 is 15.6 Å². The number of fused-ring (bicyclic) bond motifs is 1. The molecule has 36 heavy (non-hydrogen) atoms. The fourth-order valence-electron chi connectivity index (χ4n) is 3.94. The third kappa shape index (κ3) is 4.53. The molecule has 1 fully saturated rings. The zero-order valence-electron chi connectivity index (χ0n) is 18.6. The summed E-state index contributed by atoms with van der Waals surface area (Å²) < 4.78 is 55.5. The van der Waals surface area contributed by atoms with Crippen molar-refractivity contribution in [3.05, 3.63) is 63.2 Å². The molecule has 0 radical (unpaired) electrons. The Balaban J connectivity index is 1.95. The van der Waals surface area contributed by atoms with E-state index in [2.05, 4.69) is 4.98 Å². The minimum Gasteiger partial charge on any atom is -0.383 e. The van der Waals surface area contributed by atoms with Gasteiger partial charge in [0.2, 0.25) is 5.43 Å². The van der Waals surface area contributed by atoms with Gasteiger partial charge in [-0.3, -0.25) is 23.9 Å². The van der Waals surface area contributed by atoms with Gasteiger partial charge in [0.15, 0.2) is 5.65 Å². The first-order chi connectivity index (χ1) is 16.9. The van der Waals surface area contributed by atoms with E-state index in [9.17, 15) is 37.1 Å². The van der Waals surface area contributed by atoms with E-state index in [-0.39, 0.29) is 40.5 Å². The number of carbonyl (C=O) groups is 2. The molecular weight excluding hydrogens is 508 g/mol. The number of pyridine rings is 2. The number of hydrogen-bond donors (Lipinski definition) is 2. The highest BCUT2D eigenvalue weighted by atomic mass is 35.5. The van der Waals surface area contributed by atoms with Crippen molar-refractivity contribution in [3.63, 3.8) is 0 Å². The molecule has 0 aliphatic carbocycles. The summed E-state index contributed by atoms with van der Waals surface area (Å²) in [7, 11) is 0. The molecule has 13 heteroatoms. The summed E-state index contributed by atoms with van der Waals surface area (Å²) in [6, 6.07) is 4.02. The summed E-state index contributed by atoms with van der Waals surface area (Å²) in [6.45, 7) is 1.36. The molecule has 190 valence electrons. The van der Waals surface area contributed by atoms with Crippen molar-refractivity contribution in [2.45, 2.75) is 38.1 Å². The number of nitrogens with zero attached hydrogens (tertiary/aromatic N) is 3. The molecule has 0 saturated carbocycles. The third-order valence-corrected chi connectivity index (χ3v) is 6.13. The Hall–Kier alpha value is -3.51. The molecule has 0 bridgehead atoms. The molecule has 2 aromatic heterocycles. The van der Waals surface area contributed by atoms with Crippen molar-refractivity contribution in [2.24, 2.45) is 0 Å². The Bertz CT molecular complexity index is 1410. The van der Waals surface area contributed by atoms with Gasteiger partial charge in [-0.05, 0) is 30.7 Å². The fourth-order valence-corrected chi connectivity index (χ4v) is 4.19. The number of nitrogens with one attached hydrogen (secondary N) is 1. The van der Waals surface area contributed by atoms with Crippen LogP contribution in [0.2, 0.25) is 5.02 Å². The number of anilines is 1. The predicted molar refractivity (Wildman–Crippen MR) is 123 cm³/mol. The molecule has 4 rings (SSSR count). The number of benzene rings is 1. The van der Waals surface area contributed by atoms with Gasteiger partial charge in [-0.25, -0.2) is 9.37 Å². The SMILES string of the molecule is CCC(NC(=O)c1cn(-c2c(F)cccc2Cl)c2nc(N3CC[C@@H](O)C3=O)ccc2c1=O)C(F)(F)F. The molecule has 3 aromatic rings. The number of amides is 2. The van der Waals surface area contributed by atoms with Crippen LogP contribution in [0.4, 0.5) is 23.4 Å². The Morgan fingerprint density at radius 2 is 2.00 bits per heavy atom. The number of aliphatic hydroxyl groups is 1. The van der Waals surface area contributed by atoms with E-state index in [1.54, 1.807) is 5.32 Å². The average Bonchev–Trinajstić information content (AvgIpc) is 3.15. The summed E-state index contributed by atoms with van der Waals surface area (Å²) in [5.41, 5.74) is -2.14. The first kappa shape index (κ1) is 25.6. The van der Waals surface area contributed by atoms with Crippen LogP contribution in [0.3, 0.4) is 0 Å². The van der Waals surface area contributed by atoms with E-state index in [1.807, 2.05) is 0 Å². The molecule has 2 amide bonds. The quantitative estimate of drug-likeness (QED) is 0.496. The lowest BCUT2D eigenvalue weighted by Gasteiger charge is -2.21. The van der Waals surface area contributed by atoms with Gasteiger partial charge in [0.05, 0.1) is 10.4 Å². The van der Waals surface area contributed by atoms with Gasteiger partial charge in [-0.2, -0.15) is 13.2 Å². The van der Waals surface area contributed by atoms with E-state index in [1.165, 1.54) is 36.1 Å². The van der Waals surface area contributed by atoms with E-state index in [0.29, 0.717) is 0 Å². The van der Waals surface area contributed by atoms with Gasteiger partial charge < -0.3 is 10.4 Å². The number of carbonyl (C=O) groups excluding carboxylic acids is 2. The summed E-state index contributed by atoms with van der Waals surface area (Å²) in [6.07, 6.45) is -5.43. The Labute approximate surface area is 206 Å². The molecule has 1 unspecified atom stereocenters. The van der Waals surface area contributed by atoms with Crippen molar-refractivity contribution in [1.82, 2.24) is 14.9 Å². The first-order valence-corrected chi connectivity index (χ1v) is 11.2. The second kappa shape index (κ2) is 9.51. The fraction of sp³-hybridized carbons (Fsp3) is 0.304. The van der Waals surface area contributed by atoms with Crippen LogP contribution >= 0.6 is 11.6 Å². The van der Waals surface area contributed by atoms with Crippen molar-refractivity contribution in [3.8, 4) is 5.69 Å². The summed E-state index contributed by atoms with van der Waals surface area (Å²) in [5.74, 6) is -2.74. The predicted octanol–water partition coefficient (Wildman–Crippen LogP) is 3.35. The monoisotopic (exact) mass is 526 g/mol. The van der Waals surface area contributed by atoms with Crippen LogP contribution in [0, 0.1) is 5.82 Å². The molecule has 0 spiro atoms. The van der Waals surface area contributed by atoms with Crippen LogP contribution in [0.5, 0.6) is 0 Å². The van der Waals surface area contributed by atoms with Gasteiger partial charge >= 0.3 is 6.18 Å². The maximum Gasteiger partial charge on any atom is 0.408 e. The number of halogens is 5. The van der Waals surface area contributed by atoms with Gasteiger partial charge in [0, 0.05) is 19.2 Å². The summed E-state index contributed by atoms with van der Waals surface area (Å²) in [4.78, 5) is 43.7. The standard InChI is InChI=1S/C23H19ClF4N4O4/c1-2-16(23(26,27)28)29-21(35)12-10-32(18-13(24)4-3-5-14(18)25)20-11(19(12)34)6-7-17(30-20)31-9-8-15(33)22(31)36/h3-7,10,15-16,33H,2,8-9H2,1H3,(H,29,35)/t15-,16?/m1/s1. The highest BCUT2D eigenvalue weighted by molar-refractivity contribution is 6.32. The summed E-state index contributed by atoms with van der Waals surface area (Å²) in [5, 5.41) is 11.2. The smallest absolute Gasteiger partial charge is 0.383 e. The topological polar surface area (TPSA) is 105 Å². The Morgan fingerprint density at radius 1 is 1.28 bits per heavy atom. The lowest BCUT2D eigenvalue weighted by Crippen LogP contribution is -2.46. The van der Waals surface area contributed by atoms with Crippen molar-refractivity contribution in [1.29, 1.82) is 0 Å². The number of aromatic nitrogens is 2. The van der Waals surface area contributed by atoms with E-state index in [0.717, 1.165) is 16.8 Å². The molecule has 1 aliphatic heterocycles. The number of aliphatic hydroxyl groups excluding tert-OH is 1. The van der Waals surface area contributed by atoms with E-state index in [4.69, 9.17) is 11.6 Å². The Kier molecular flexibility index (Phi) is 6.76. The Morgan fingerprint density at radius 3 is 2.58 bits per heavy atom. The molecule has 8 nitrogen and oxygen atoms in total. The third-order valence-electron chi connectivity index (χ3n) is 5.82. The zero-order chi connectivity index (χ0) is 26.4. The number of rotatable bonds is 5. The largest absolute Gasteiger partial charge is 0.408 e. The van der Waals surface area contributed by atoms with Crippen LogP contribution in [0.25, 0.3) is 16.7 Å². The average molecular weight is 527 g/mol. The van der Waals surface area contributed by atoms with Gasteiger partial charge in [0.1, 0.15) is 35.0 Å². The van der Waals surface area contributed by atoms with E-state index < -0.39 is 53.4 Å². The van der Waals surface area contributed by atoms with Crippen LogP contribution in [0.15, 0.2) is 41.3 Å². The number of para-hydroxylation sites is 1. The molecule has 1 aliphatic rings. The van der Waals surface area contributed by atoms with Crippen molar-refractivity contribution < 1.29 is 32.3 Å². The molecule has 1 saturated heterocycles. The lowest BCUT2D eigenvalue weighted by molar-refractivity contribution is -0.153. The zero-order valence-corrected chi connectivity index (χ0v) is 19.4. The van der Waals surface area contributed by atoms with Crippen LogP contribution in [-0.2, 0) is 4.79 Å². The highest BCUT2D eigenvalue weighted by Crippen LogP contribution is 2.29. The minimum atomic E-state index is -4.75. The van der Waals surface area contributed by atoms with E-state index >= 15 is 0 Å². The van der Waals surface area contributed by atoms with Crippen molar-refractivity contribution in [2.75, 3.05) is 11.4 Å². The maximum atomic E-state index is 14.9.